The van der Waals surface area contributed by atoms with Gasteiger partial charge in [0, 0.05) is 5.41 Å². The van der Waals surface area contributed by atoms with Crippen molar-refractivity contribution in [2.75, 3.05) is 12.4 Å². The lowest BCUT2D eigenvalue weighted by molar-refractivity contribution is 0.0292. The van der Waals surface area contributed by atoms with E-state index >= 15 is 0 Å². The van der Waals surface area contributed by atoms with Crippen LogP contribution in [0.15, 0.2) is 22.8 Å². The van der Waals surface area contributed by atoms with Crippen molar-refractivity contribution in [3.05, 3.63) is 24.2 Å². The van der Waals surface area contributed by atoms with Crippen molar-refractivity contribution in [2.24, 2.45) is 5.41 Å². The average molecular weight is 254 g/mol. The quantitative estimate of drug-likeness (QED) is 0.632. The Labute approximate surface area is 109 Å². The molecule has 0 aliphatic heterocycles. The summed E-state index contributed by atoms with van der Waals surface area (Å²) in [5.74, 6) is 1.85. The predicted molar refractivity (Wildman–Crippen MR) is 72.4 cm³/mol. The van der Waals surface area contributed by atoms with Crippen LogP contribution in [0, 0.1) is 5.41 Å². The number of ether oxygens (including phenoxy) is 1. The van der Waals surface area contributed by atoms with Gasteiger partial charge in [0.15, 0.2) is 0 Å². The van der Waals surface area contributed by atoms with Crippen LogP contribution in [0.25, 0.3) is 0 Å². The van der Waals surface area contributed by atoms with E-state index in [0.29, 0.717) is 12.0 Å². The molecule has 0 unspecified atom stereocenters. The zero-order valence-electron chi connectivity index (χ0n) is 10.4. The van der Waals surface area contributed by atoms with Crippen molar-refractivity contribution < 1.29 is 9.15 Å². The fourth-order valence-corrected chi connectivity index (χ4v) is 3.00. The van der Waals surface area contributed by atoms with Crippen LogP contribution < -0.4 is 0 Å². The number of furan rings is 1. The van der Waals surface area contributed by atoms with Gasteiger partial charge in [-0.25, -0.2) is 0 Å². The van der Waals surface area contributed by atoms with Gasteiger partial charge in [-0.2, -0.15) is 12.6 Å². The van der Waals surface area contributed by atoms with Crippen molar-refractivity contribution in [3.63, 3.8) is 0 Å². The monoisotopic (exact) mass is 254 g/mol. The number of thiol groups is 1. The van der Waals surface area contributed by atoms with Crippen LogP contribution in [0.4, 0.5) is 0 Å². The lowest BCUT2D eigenvalue weighted by atomic mass is 9.83. The van der Waals surface area contributed by atoms with Gasteiger partial charge >= 0.3 is 0 Å². The number of rotatable bonds is 5. The molecule has 2 rings (SSSR count). The molecule has 0 N–H and O–H groups in total. The molecular formula is C14H22O2S. The van der Waals surface area contributed by atoms with E-state index in [1.165, 1.54) is 38.5 Å². The molecule has 1 heterocycles. The molecule has 0 aromatic carbocycles. The van der Waals surface area contributed by atoms with E-state index in [2.05, 4.69) is 12.6 Å². The first-order valence-corrected chi connectivity index (χ1v) is 7.19. The molecule has 1 saturated carbocycles. The Morgan fingerprint density at radius 3 is 2.59 bits per heavy atom. The summed E-state index contributed by atoms with van der Waals surface area (Å²) < 4.78 is 11.1. The van der Waals surface area contributed by atoms with Gasteiger partial charge in [-0.1, -0.05) is 25.7 Å². The fourth-order valence-electron chi connectivity index (χ4n) is 2.59. The summed E-state index contributed by atoms with van der Waals surface area (Å²) in [5.41, 5.74) is 0.298. The van der Waals surface area contributed by atoms with E-state index in [9.17, 15) is 0 Å². The Bertz CT molecular complexity index is 300. The highest BCUT2D eigenvalue weighted by atomic mass is 32.1. The van der Waals surface area contributed by atoms with E-state index in [1.807, 2.05) is 12.1 Å². The van der Waals surface area contributed by atoms with E-state index in [-0.39, 0.29) is 0 Å². The van der Waals surface area contributed by atoms with Crippen molar-refractivity contribution in [1.29, 1.82) is 0 Å². The molecule has 1 aromatic heterocycles. The van der Waals surface area contributed by atoms with Gasteiger partial charge in [-0.3, -0.25) is 0 Å². The first-order chi connectivity index (χ1) is 8.35. The molecule has 1 aromatic rings. The maximum atomic E-state index is 5.82. The predicted octanol–water partition coefficient (Wildman–Crippen LogP) is 4.07. The lowest BCUT2D eigenvalue weighted by Crippen LogP contribution is -2.28. The topological polar surface area (TPSA) is 22.4 Å². The second-order valence-corrected chi connectivity index (χ2v) is 5.46. The first-order valence-electron chi connectivity index (χ1n) is 6.56. The second-order valence-electron chi connectivity index (χ2n) is 5.14. The third kappa shape index (κ3) is 3.78. The molecule has 3 heteroatoms. The summed E-state index contributed by atoms with van der Waals surface area (Å²) in [4.78, 5) is 0. The van der Waals surface area contributed by atoms with Gasteiger partial charge in [0.1, 0.15) is 12.4 Å². The van der Waals surface area contributed by atoms with Crippen molar-refractivity contribution in [2.45, 2.75) is 45.1 Å². The Hall–Kier alpha value is -0.410. The molecule has 0 amide bonds. The molecular weight excluding hydrogens is 232 g/mol. The smallest absolute Gasteiger partial charge is 0.129 e. The average Bonchev–Trinajstić information content (AvgIpc) is 2.75. The highest BCUT2D eigenvalue weighted by Crippen LogP contribution is 2.36. The summed E-state index contributed by atoms with van der Waals surface area (Å²) in [6, 6.07) is 3.86. The minimum absolute atomic E-state index is 0.298. The molecule has 2 nitrogen and oxygen atoms in total. The van der Waals surface area contributed by atoms with Crippen molar-refractivity contribution in [1.82, 2.24) is 0 Å². The molecule has 0 saturated heterocycles. The van der Waals surface area contributed by atoms with E-state index < -0.39 is 0 Å². The molecule has 1 aliphatic carbocycles. The van der Waals surface area contributed by atoms with Crippen LogP contribution in [0.1, 0.15) is 44.3 Å². The Morgan fingerprint density at radius 1 is 1.24 bits per heavy atom. The third-order valence-corrected chi connectivity index (χ3v) is 4.40. The maximum Gasteiger partial charge on any atom is 0.129 e. The van der Waals surface area contributed by atoms with Gasteiger partial charge < -0.3 is 9.15 Å². The minimum Gasteiger partial charge on any atom is -0.467 e. The summed E-state index contributed by atoms with van der Waals surface area (Å²) >= 11 is 4.54. The first kappa shape index (κ1) is 13.0. The SMILES string of the molecule is SCC1(COCc2ccco2)CCCCCC1. The van der Waals surface area contributed by atoms with Crippen molar-refractivity contribution in [3.8, 4) is 0 Å². The molecule has 0 radical (unpaired) electrons. The summed E-state index contributed by atoms with van der Waals surface area (Å²) in [6.07, 6.45) is 9.60. The molecule has 0 spiro atoms. The largest absolute Gasteiger partial charge is 0.467 e. The van der Waals surface area contributed by atoms with Gasteiger partial charge in [0.05, 0.1) is 12.9 Å². The Morgan fingerprint density at radius 2 is 2.00 bits per heavy atom. The maximum absolute atomic E-state index is 5.82. The normalized spacial score (nSPS) is 20.1. The Kier molecular flexibility index (Phi) is 4.99. The van der Waals surface area contributed by atoms with E-state index in [0.717, 1.165) is 18.1 Å². The van der Waals surface area contributed by atoms with Gasteiger partial charge in [0.25, 0.3) is 0 Å². The lowest BCUT2D eigenvalue weighted by Gasteiger charge is -2.30. The zero-order valence-corrected chi connectivity index (χ0v) is 11.3. The standard InChI is InChI=1S/C14H22O2S/c17-12-14(7-3-1-2-4-8-14)11-15-10-13-6-5-9-16-13/h5-6,9,17H,1-4,7-8,10-12H2. The molecule has 0 bridgehead atoms. The van der Waals surface area contributed by atoms with E-state index in [1.54, 1.807) is 6.26 Å². The molecule has 1 aliphatic rings. The van der Waals surface area contributed by atoms with Gasteiger partial charge in [-0.05, 0) is 30.7 Å². The van der Waals surface area contributed by atoms with Gasteiger partial charge in [0.2, 0.25) is 0 Å². The summed E-state index contributed by atoms with van der Waals surface area (Å²) in [5, 5.41) is 0. The van der Waals surface area contributed by atoms with Crippen LogP contribution in [0.2, 0.25) is 0 Å². The van der Waals surface area contributed by atoms with Crippen LogP contribution >= 0.6 is 12.6 Å². The third-order valence-electron chi connectivity index (χ3n) is 3.73. The van der Waals surface area contributed by atoms with Crippen molar-refractivity contribution >= 4 is 12.6 Å². The minimum atomic E-state index is 0.298. The fraction of sp³-hybridized carbons (Fsp3) is 0.714. The summed E-state index contributed by atoms with van der Waals surface area (Å²) in [6.45, 7) is 1.40. The van der Waals surface area contributed by atoms with Crippen LogP contribution in [-0.2, 0) is 11.3 Å². The molecule has 1 fully saturated rings. The highest BCUT2D eigenvalue weighted by Gasteiger charge is 2.29. The number of hydrogen-bond donors (Lipinski definition) is 1. The van der Waals surface area contributed by atoms with Gasteiger partial charge in [-0.15, -0.1) is 0 Å². The number of hydrogen-bond acceptors (Lipinski definition) is 3. The molecule has 0 atom stereocenters. The van der Waals surface area contributed by atoms with Crippen LogP contribution in [-0.4, -0.2) is 12.4 Å². The van der Waals surface area contributed by atoms with E-state index in [4.69, 9.17) is 9.15 Å². The van der Waals surface area contributed by atoms with Crippen LogP contribution in [0.3, 0.4) is 0 Å². The Balaban J connectivity index is 1.81. The van der Waals surface area contributed by atoms with Crippen LogP contribution in [0.5, 0.6) is 0 Å². The second kappa shape index (κ2) is 6.50. The highest BCUT2D eigenvalue weighted by molar-refractivity contribution is 7.80. The summed E-state index contributed by atoms with van der Waals surface area (Å²) in [7, 11) is 0. The molecule has 17 heavy (non-hydrogen) atoms. The molecule has 96 valence electrons. The zero-order chi connectivity index (χ0) is 12.0.